The molecule has 8 heteroatoms. The van der Waals surface area contributed by atoms with E-state index in [4.69, 9.17) is 49.0 Å². The number of hydrogen-bond acceptors (Lipinski definition) is 4. The average molecular weight is 375 g/mol. The second kappa shape index (κ2) is 6.74. The second-order valence-corrected chi connectivity index (χ2v) is 5.85. The minimum Gasteiger partial charge on any atom is -0.481 e. The van der Waals surface area contributed by atoms with Crippen LogP contribution >= 0.6 is 34.8 Å². The number of anilines is 1. The van der Waals surface area contributed by atoms with Crippen LogP contribution in [0.25, 0.3) is 0 Å². The van der Waals surface area contributed by atoms with Gasteiger partial charge in [0, 0.05) is 16.8 Å². The predicted octanol–water partition coefficient (Wildman–Crippen LogP) is 4.39. The van der Waals surface area contributed by atoms with Crippen LogP contribution in [0.4, 0.5) is 5.69 Å². The number of carbonyl (C=O) groups excluding carboxylic acids is 1. The minimum atomic E-state index is -0.369. The first-order valence-electron chi connectivity index (χ1n) is 6.50. The van der Waals surface area contributed by atoms with Crippen molar-refractivity contribution in [1.29, 1.82) is 0 Å². The third kappa shape index (κ3) is 3.75. The standard InChI is InChI=1S/C15H10Cl3NO4/c16-8-3-10(17)15(11(18)4-8)21-6-14(20)19-9-1-2-12-13(5-9)23-7-22-12/h1-5H,6-7H2,(H,19,20). The van der Waals surface area contributed by atoms with E-state index >= 15 is 0 Å². The molecule has 23 heavy (non-hydrogen) atoms. The lowest BCUT2D eigenvalue weighted by Gasteiger charge is -2.11. The van der Waals surface area contributed by atoms with Crippen LogP contribution in [-0.4, -0.2) is 19.3 Å². The molecule has 1 aliphatic rings. The summed E-state index contributed by atoms with van der Waals surface area (Å²) in [4.78, 5) is 12.0. The molecular weight excluding hydrogens is 365 g/mol. The number of benzene rings is 2. The van der Waals surface area contributed by atoms with Crippen molar-refractivity contribution in [3.63, 3.8) is 0 Å². The zero-order valence-electron chi connectivity index (χ0n) is 11.6. The predicted molar refractivity (Wildman–Crippen MR) is 88.2 cm³/mol. The van der Waals surface area contributed by atoms with Crippen molar-refractivity contribution < 1.29 is 19.0 Å². The summed E-state index contributed by atoms with van der Waals surface area (Å²) >= 11 is 17.8. The Labute approximate surface area is 147 Å². The van der Waals surface area contributed by atoms with E-state index in [0.29, 0.717) is 22.2 Å². The second-order valence-electron chi connectivity index (χ2n) is 4.60. The lowest BCUT2D eigenvalue weighted by Crippen LogP contribution is -2.20. The topological polar surface area (TPSA) is 56.8 Å². The Morgan fingerprint density at radius 1 is 1.09 bits per heavy atom. The van der Waals surface area contributed by atoms with Gasteiger partial charge in [0.2, 0.25) is 6.79 Å². The highest BCUT2D eigenvalue weighted by atomic mass is 35.5. The van der Waals surface area contributed by atoms with Crippen molar-refractivity contribution in [2.75, 3.05) is 18.7 Å². The number of fused-ring (bicyclic) bond motifs is 1. The van der Waals surface area contributed by atoms with Gasteiger partial charge in [-0.2, -0.15) is 0 Å². The molecule has 0 aliphatic carbocycles. The molecule has 0 unspecified atom stereocenters. The summed E-state index contributed by atoms with van der Waals surface area (Å²) < 4.78 is 15.8. The van der Waals surface area contributed by atoms with Gasteiger partial charge in [0.25, 0.3) is 5.91 Å². The van der Waals surface area contributed by atoms with Crippen molar-refractivity contribution >= 4 is 46.4 Å². The smallest absolute Gasteiger partial charge is 0.262 e. The number of halogens is 3. The molecule has 0 aromatic heterocycles. The van der Waals surface area contributed by atoms with Crippen molar-refractivity contribution in [3.05, 3.63) is 45.4 Å². The van der Waals surface area contributed by atoms with Gasteiger partial charge in [-0.05, 0) is 24.3 Å². The maximum Gasteiger partial charge on any atom is 0.262 e. The molecule has 1 N–H and O–H groups in total. The number of ether oxygens (including phenoxy) is 3. The largest absolute Gasteiger partial charge is 0.481 e. The zero-order valence-corrected chi connectivity index (χ0v) is 13.8. The maximum absolute atomic E-state index is 12.0. The summed E-state index contributed by atoms with van der Waals surface area (Å²) in [6, 6.07) is 8.06. The van der Waals surface area contributed by atoms with E-state index in [1.165, 1.54) is 12.1 Å². The van der Waals surface area contributed by atoms with Crippen LogP contribution in [0, 0.1) is 0 Å². The molecule has 3 rings (SSSR count). The fourth-order valence-corrected chi connectivity index (χ4v) is 2.90. The lowest BCUT2D eigenvalue weighted by atomic mass is 10.3. The summed E-state index contributed by atoms with van der Waals surface area (Å²) in [7, 11) is 0. The molecule has 120 valence electrons. The zero-order chi connectivity index (χ0) is 16.4. The highest BCUT2D eigenvalue weighted by molar-refractivity contribution is 6.40. The molecule has 2 aromatic carbocycles. The van der Waals surface area contributed by atoms with Gasteiger partial charge in [-0.1, -0.05) is 34.8 Å². The van der Waals surface area contributed by atoms with Gasteiger partial charge in [-0.15, -0.1) is 0 Å². The first-order valence-corrected chi connectivity index (χ1v) is 7.63. The van der Waals surface area contributed by atoms with Crippen LogP contribution in [-0.2, 0) is 4.79 Å². The van der Waals surface area contributed by atoms with E-state index in [9.17, 15) is 4.79 Å². The number of carbonyl (C=O) groups is 1. The Morgan fingerprint density at radius 3 is 2.52 bits per heavy atom. The third-order valence-corrected chi connectivity index (χ3v) is 3.75. The normalized spacial score (nSPS) is 12.1. The van der Waals surface area contributed by atoms with Crippen molar-refractivity contribution in [2.45, 2.75) is 0 Å². The van der Waals surface area contributed by atoms with Crippen LogP contribution < -0.4 is 19.5 Å². The molecule has 0 saturated carbocycles. The average Bonchev–Trinajstić information content (AvgIpc) is 2.93. The molecule has 1 amide bonds. The Kier molecular flexibility index (Phi) is 4.71. The van der Waals surface area contributed by atoms with Crippen LogP contribution in [0.1, 0.15) is 0 Å². The number of amides is 1. The molecule has 5 nitrogen and oxygen atoms in total. The van der Waals surface area contributed by atoms with Gasteiger partial charge < -0.3 is 19.5 Å². The third-order valence-electron chi connectivity index (χ3n) is 2.97. The highest BCUT2D eigenvalue weighted by Gasteiger charge is 2.15. The molecule has 0 spiro atoms. The molecule has 1 heterocycles. The van der Waals surface area contributed by atoms with Gasteiger partial charge in [0.1, 0.15) is 0 Å². The fourth-order valence-electron chi connectivity index (χ4n) is 1.98. The van der Waals surface area contributed by atoms with E-state index in [1.807, 2.05) is 0 Å². The Balaban J connectivity index is 1.62. The molecule has 0 saturated heterocycles. The Bertz CT molecular complexity index is 743. The lowest BCUT2D eigenvalue weighted by molar-refractivity contribution is -0.118. The monoisotopic (exact) mass is 373 g/mol. The van der Waals surface area contributed by atoms with E-state index in [2.05, 4.69) is 5.32 Å². The first-order chi connectivity index (χ1) is 11.0. The SMILES string of the molecule is O=C(COc1c(Cl)cc(Cl)cc1Cl)Nc1ccc2c(c1)OCO2. The van der Waals surface area contributed by atoms with Crippen molar-refractivity contribution in [1.82, 2.24) is 0 Å². The Hall–Kier alpha value is -1.82. The minimum absolute atomic E-state index is 0.170. The van der Waals surface area contributed by atoms with Crippen LogP contribution in [0.5, 0.6) is 17.2 Å². The van der Waals surface area contributed by atoms with Gasteiger partial charge in [-0.25, -0.2) is 0 Å². The Morgan fingerprint density at radius 2 is 1.78 bits per heavy atom. The summed E-state index contributed by atoms with van der Waals surface area (Å²) in [6.07, 6.45) is 0. The summed E-state index contributed by atoms with van der Waals surface area (Å²) in [5, 5.41) is 3.54. The fraction of sp³-hybridized carbons (Fsp3) is 0.133. The summed E-state index contributed by atoms with van der Waals surface area (Å²) in [5.41, 5.74) is 0.566. The van der Waals surface area contributed by atoms with Crippen LogP contribution in [0.3, 0.4) is 0 Å². The van der Waals surface area contributed by atoms with Gasteiger partial charge in [0.05, 0.1) is 10.0 Å². The van der Waals surface area contributed by atoms with Crippen molar-refractivity contribution in [3.8, 4) is 17.2 Å². The summed E-state index contributed by atoms with van der Waals surface area (Å²) in [6.45, 7) is -0.0844. The van der Waals surface area contributed by atoms with E-state index < -0.39 is 0 Å². The maximum atomic E-state index is 12.0. The molecule has 0 bridgehead atoms. The first kappa shape index (κ1) is 16.1. The van der Waals surface area contributed by atoms with Gasteiger partial charge in [-0.3, -0.25) is 4.79 Å². The molecule has 0 radical (unpaired) electrons. The van der Waals surface area contributed by atoms with E-state index in [0.717, 1.165) is 0 Å². The van der Waals surface area contributed by atoms with Crippen LogP contribution in [0.15, 0.2) is 30.3 Å². The molecule has 0 fully saturated rings. The highest BCUT2D eigenvalue weighted by Crippen LogP contribution is 2.36. The number of rotatable bonds is 4. The molecule has 1 aliphatic heterocycles. The van der Waals surface area contributed by atoms with E-state index in [-0.39, 0.29) is 35.1 Å². The number of nitrogens with one attached hydrogen (secondary N) is 1. The van der Waals surface area contributed by atoms with E-state index in [1.54, 1.807) is 18.2 Å². The van der Waals surface area contributed by atoms with Gasteiger partial charge in [0.15, 0.2) is 23.9 Å². The van der Waals surface area contributed by atoms with Gasteiger partial charge >= 0.3 is 0 Å². The molecule has 0 atom stereocenters. The molecular formula is C15H10Cl3NO4. The molecule has 2 aromatic rings. The number of hydrogen-bond donors (Lipinski definition) is 1. The van der Waals surface area contributed by atoms with Crippen molar-refractivity contribution in [2.24, 2.45) is 0 Å². The van der Waals surface area contributed by atoms with Crippen LogP contribution in [0.2, 0.25) is 15.1 Å². The summed E-state index contributed by atoms with van der Waals surface area (Å²) in [5.74, 6) is 1.05. The quantitative estimate of drug-likeness (QED) is 0.862.